The van der Waals surface area contributed by atoms with Gasteiger partial charge in [-0.1, -0.05) is 30.3 Å². The van der Waals surface area contributed by atoms with Crippen molar-refractivity contribution in [2.45, 2.75) is 62.2 Å². The number of carbonyl (C=O) groups is 4. The van der Waals surface area contributed by atoms with Gasteiger partial charge in [-0.15, -0.1) is 24.2 Å². The molecule has 2 aliphatic rings. The van der Waals surface area contributed by atoms with Crippen molar-refractivity contribution < 1.29 is 33.4 Å². The molecule has 2 fully saturated rings. The van der Waals surface area contributed by atoms with E-state index in [1.54, 1.807) is 45.0 Å². The van der Waals surface area contributed by atoms with E-state index in [1.807, 2.05) is 6.07 Å². The molecule has 4 unspecified atom stereocenters. The monoisotopic (exact) mass is 501 g/mol. The van der Waals surface area contributed by atoms with E-state index in [1.165, 1.54) is 23.6 Å². The van der Waals surface area contributed by atoms with Gasteiger partial charge in [-0.2, -0.15) is 0 Å². The number of halogens is 1. The number of thioether (sulfide) groups is 1. The number of ether oxygens (including phenoxy) is 3. The quantitative estimate of drug-likeness (QED) is 0.325. The van der Waals surface area contributed by atoms with Gasteiger partial charge in [-0.3, -0.25) is 9.59 Å². The summed E-state index contributed by atoms with van der Waals surface area (Å²) in [6.45, 7) is 6.74. The average molecular weight is 502 g/mol. The van der Waals surface area contributed by atoms with E-state index < -0.39 is 58.5 Å². The summed E-state index contributed by atoms with van der Waals surface area (Å²) in [7, 11) is 0. The molecule has 182 valence electrons. The summed E-state index contributed by atoms with van der Waals surface area (Å²) in [5.74, 6) is -1.58. The third-order valence-electron chi connectivity index (χ3n) is 5.21. The highest BCUT2D eigenvalue weighted by Gasteiger charge is 2.64. The lowest BCUT2D eigenvalue weighted by molar-refractivity contribution is -0.180. The van der Waals surface area contributed by atoms with Crippen LogP contribution >= 0.6 is 24.2 Å². The Kier molecular flexibility index (Phi) is 8.61. The number of nitrogens with two attached hydrogens (primary N) is 1. The highest BCUT2D eigenvalue weighted by molar-refractivity contribution is 8.01. The number of β-lactam (4-membered cyclic amide) rings is 1. The van der Waals surface area contributed by atoms with Gasteiger partial charge in [0.15, 0.2) is 0 Å². The van der Waals surface area contributed by atoms with Gasteiger partial charge in [0.1, 0.15) is 23.5 Å². The van der Waals surface area contributed by atoms with Crippen LogP contribution < -0.4 is 11.1 Å². The summed E-state index contributed by atoms with van der Waals surface area (Å²) in [6, 6.07) is 6.21. The van der Waals surface area contributed by atoms with Crippen molar-refractivity contribution in [3.05, 3.63) is 35.9 Å². The molecule has 3 N–H and O–H groups in total. The number of esters is 1. The minimum Gasteiger partial charge on any atom is -0.435 e. The highest BCUT2D eigenvalue weighted by Crippen LogP contribution is 2.51. The predicted molar refractivity (Wildman–Crippen MR) is 122 cm³/mol. The van der Waals surface area contributed by atoms with Crippen molar-refractivity contribution in [2.24, 2.45) is 5.73 Å². The fourth-order valence-electron chi connectivity index (χ4n) is 3.72. The molecule has 2 heterocycles. The summed E-state index contributed by atoms with van der Waals surface area (Å²) in [5.41, 5.74) is 6.65. The van der Waals surface area contributed by atoms with Crippen LogP contribution in [0, 0.1) is 0 Å². The number of hydrogen-bond acceptors (Lipinski definition) is 9. The van der Waals surface area contributed by atoms with Crippen LogP contribution in [0.25, 0.3) is 0 Å². The summed E-state index contributed by atoms with van der Waals surface area (Å²) in [5, 5.41) is 2.26. The molecule has 1 aromatic rings. The SMILES string of the molecule is CCOC(=O)OC(C)OC(=O)C1N2C(=O)[C@H](NC(=O)C(N)c3ccccc3)C2SC1(C)C.Cl. The van der Waals surface area contributed by atoms with E-state index >= 15 is 0 Å². The lowest BCUT2D eigenvalue weighted by Crippen LogP contribution is -2.71. The molecule has 0 aromatic heterocycles. The van der Waals surface area contributed by atoms with E-state index in [0.29, 0.717) is 5.56 Å². The van der Waals surface area contributed by atoms with E-state index in [0.717, 1.165) is 0 Å². The smallest absolute Gasteiger partial charge is 0.435 e. The zero-order chi connectivity index (χ0) is 23.6. The molecule has 5 atom stereocenters. The van der Waals surface area contributed by atoms with E-state index in [-0.39, 0.29) is 19.0 Å². The molecule has 3 rings (SSSR count). The van der Waals surface area contributed by atoms with Crippen molar-refractivity contribution in [3.63, 3.8) is 0 Å². The van der Waals surface area contributed by atoms with Crippen LogP contribution in [0.15, 0.2) is 30.3 Å². The average Bonchev–Trinajstić information content (AvgIpc) is 2.99. The van der Waals surface area contributed by atoms with E-state index in [9.17, 15) is 19.2 Å². The Morgan fingerprint density at radius 2 is 1.85 bits per heavy atom. The second kappa shape index (κ2) is 10.6. The lowest BCUT2D eigenvalue weighted by atomic mass is 9.95. The maximum absolute atomic E-state index is 12.8. The third-order valence-corrected chi connectivity index (χ3v) is 6.78. The van der Waals surface area contributed by atoms with Crippen LogP contribution in [-0.2, 0) is 28.6 Å². The molecule has 0 aliphatic carbocycles. The first-order valence-corrected chi connectivity index (χ1v) is 11.1. The van der Waals surface area contributed by atoms with Crippen LogP contribution in [0.5, 0.6) is 0 Å². The van der Waals surface area contributed by atoms with Crippen molar-refractivity contribution in [3.8, 4) is 0 Å². The Hall–Kier alpha value is -2.50. The molecular weight excluding hydrogens is 474 g/mol. The summed E-state index contributed by atoms with van der Waals surface area (Å²) >= 11 is 1.38. The number of hydrogen-bond donors (Lipinski definition) is 2. The number of rotatable bonds is 7. The number of nitrogens with one attached hydrogen (secondary N) is 1. The van der Waals surface area contributed by atoms with Crippen LogP contribution in [0.4, 0.5) is 4.79 Å². The number of amides is 2. The van der Waals surface area contributed by atoms with Crippen molar-refractivity contribution in [1.82, 2.24) is 10.2 Å². The van der Waals surface area contributed by atoms with Crippen LogP contribution in [-0.4, -0.2) is 63.9 Å². The Labute approximate surface area is 202 Å². The van der Waals surface area contributed by atoms with Crippen LogP contribution in [0.2, 0.25) is 0 Å². The first-order valence-electron chi connectivity index (χ1n) is 10.2. The molecule has 2 saturated heterocycles. The minimum absolute atomic E-state index is 0. The first-order chi connectivity index (χ1) is 15.1. The van der Waals surface area contributed by atoms with Gasteiger partial charge in [-0.25, -0.2) is 9.59 Å². The van der Waals surface area contributed by atoms with Gasteiger partial charge < -0.3 is 30.2 Å². The van der Waals surface area contributed by atoms with Gasteiger partial charge in [0.2, 0.25) is 18.1 Å². The maximum atomic E-state index is 12.8. The maximum Gasteiger partial charge on any atom is 0.511 e. The number of benzene rings is 1. The molecular formula is C21H28ClN3O7S. The second-order valence-corrected chi connectivity index (χ2v) is 9.71. The molecule has 0 saturated carbocycles. The molecule has 12 heteroatoms. The fourth-order valence-corrected chi connectivity index (χ4v) is 5.34. The Bertz CT molecular complexity index is 901. The largest absolute Gasteiger partial charge is 0.511 e. The van der Waals surface area contributed by atoms with Crippen molar-refractivity contribution in [1.29, 1.82) is 0 Å². The van der Waals surface area contributed by atoms with Crippen LogP contribution in [0.3, 0.4) is 0 Å². The molecule has 1 aromatic carbocycles. The number of nitrogens with zero attached hydrogens (tertiary/aromatic N) is 1. The normalized spacial score (nSPS) is 24.3. The Morgan fingerprint density at radius 1 is 1.21 bits per heavy atom. The number of fused-ring (bicyclic) bond motifs is 1. The third kappa shape index (κ3) is 5.53. The van der Waals surface area contributed by atoms with Gasteiger partial charge in [0, 0.05) is 11.7 Å². The standard InChI is InChI=1S/C21H27N3O7S.ClH/c1-5-29-20(28)31-11(2)30-19(27)15-21(3,4)32-18-14(17(26)24(15)18)23-16(25)13(22)12-9-7-6-8-10-12;/h6-11,13-15,18H,5,22H2,1-4H3,(H,23,25);1H/t11?,13?,14-,15?,18?;/m0./s1. The predicted octanol–water partition coefficient (Wildman–Crippen LogP) is 1.72. The fraction of sp³-hybridized carbons (Fsp3) is 0.524. The molecule has 0 spiro atoms. The Balaban J connectivity index is 0.00000385. The second-order valence-electron chi connectivity index (χ2n) is 7.94. The summed E-state index contributed by atoms with van der Waals surface area (Å²) in [4.78, 5) is 51.0. The minimum atomic E-state index is -1.18. The van der Waals surface area contributed by atoms with Gasteiger partial charge >= 0.3 is 12.1 Å². The number of carbonyl (C=O) groups excluding carboxylic acids is 4. The van der Waals surface area contributed by atoms with Crippen molar-refractivity contribution >= 4 is 48.1 Å². The Morgan fingerprint density at radius 3 is 2.45 bits per heavy atom. The summed E-state index contributed by atoms with van der Waals surface area (Å²) in [6.07, 6.45) is -2.14. The van der Waals surface area contributed by atoms with E-state index in [2.05, 4.69) is 10.1 Å². The van der Waals surface area contributed by atoms with Crippen molar-refractivity contribution in [2.75, 3.05) is 6.61 Å². The van der Waals surface area contributed by atoms with Crippen LogP contribution in [0.1, 0.15) is 39.3 Å². The molecule has 10 nitrogen and oxygen atoms in total. The molecule has 33 heavy (non-hydrogen) atoms. The lowest BCUT2D eigenvalue weighted by Gasteiger charge is -2.44. The topological polar surface area (TPSA) is 137 Å². The van der Waals surface area contributed by atoms with Gasteiger partial charge in [0.05, 0.1) is 6.61 Å². The van der Waals surface area contributed by atoms with Gasteiger partial charge in [0.25, 0.3) is 0 Å². The first kappa shape index (κ1) is 26.7. The molecule has 0 radical (unpaired) electrons. The molecule has 0 bridgehead atoms. The zero-order valence-electron chi connectivity index (χ0n) is 18.7. The molecule has 2 amide bonds. The molecule has 2 aliphatic heterocycles. The zero-order valence-corrected chi connectivity index (χ0v) is 20.3. The highest BCUT2D eigenvalue weighted by atomic mass is 35.5. The van der Waals surface area contributed by atoms with E-state index in [4.69, 9.17) is 15.2 Å². The summed E-state index contributed by atoms with van der Waals surface area (Å²) < 4.78 is 14.0. The van der Waals surface area contributed by atoms with Gasteiger partial charge in [-0.05, 0) is 26.3 Å².